The Kier molecular flexibility index (Phi) is 3.72. The van der Waals surface area contributed by atoms with Crippen LogP contribution in [0.15, 0.2) is 59.0 Å². The van der Waals surface area contributed by atoms with Crippen molar-refractivity contribution in [3.8, 4) is 0 Å². The van der Waals surface area contributed by atoms with E-state index >= 15 is 0 Å². The standard InChI is InChI=1S/C17H15ClO3/c1-20-11-17(19,13-7-3-2-4-8-13)15-10-12-6-5-9-14(18)16(12)21-15/h2-10,19H,11H2,1H3. The summed E-state index contributed by atoms with van der Waals surface area (Å²) in [6.07, 6.45) is 0. The third-order valence-electron chi connectivity index (χ3n) is 3.51. The Hall–Kier alpha value is -1.81. The van der Waals surface area contributed by atoms with Crippen LogP contribution in [0.1, 0.15) is 11.3 Å². The molecule has 4 heteroatoms. The monoisotopic (exact) mass is 302 g/mol. The zero-order valence-corrected chi connectivity index (χ0v) is 12.3. The second-order valence-electron chi connectivity index (χ2n) is 4.93. The SMILES string of the molecule is COCC(O)(c1ccccc1)c1cc2cccc(Cl)c2o1. The maximum atomic E-state index is 11.1. The van der Waals surface area contributed by atoms with E-state index in [1.165, 1.54) is 0 Å². The maximum Gasteiger partial charge on any atom is 0.170 e. The first-order valence-corrected chi connectivity index (χ1v) is 6.98. The van der Waals surface area contributed by atoms with Crippen LogP contribution < -0.4 is 0 Å². The van der Waals surface area contributed by atoms with Crippen molar-refractivity contribution in [3.63, 3.8) is 0 Å². The fourth-order valence-corrected chi connectivity index (χ4v) is 2.67. The molecular weight excluding hydrogens is 288 g/mol. The van der Waals surface area contributed by atoms with Gasteiger partial charge in [-0.25, -0.2) is 0 Å². The summed E-state index contributed by atoms with van der Waals surface area (Å²) in [6, 6.07) is 16.6. The molecule has 3 aromatic rings. The first kappa shape index (κ1) is 14.1. The molecule has 0 saturated heterocycles. The van der Waals surface area contributed by atoms with E-state index in [9.17, 15) is 5.11 Å². The van der Waals surface area contributed by atoms with E-state index in [1.807, 2.05) is 42.5 Å². The Labute approximate surface area is 127 Å². The predicted molar refractivity (Wildman–Crippen MR) is 82.5 cm³/mol. The van der Waals surface area contributed by atoms with Crippen molar-refractivity contribution in [1.29, 1.82) is 0 Å². The molecule has 0 radical (unpaired) electrons. The molecule has 0 saturated carbocycles. The van der Waals surface area contributed by atoms with Gasteiger partial charge >= 0.3 is 0 Å². The molecular formula is C17H15ClO3. The van der Waals surface area contributed by atoms with Crippen LogP contribution in [0.25, 0.3) is 11.0 Å². The topological polar surface area (TPSA) is 42.6 Å². The van der Waals surface area contributed by atoms with Crippen molar-refractivity contribution in [2.24, 2.45) is 0 Å². The fourth-order valence-electron chi connectivity index (χ4n) is 2.45. The molecule has 0 spiro atoms. The molecule has 0 fully saturated rings. The summed E-state index contributed by atoms with van der Waals surface area (Å²) in [5, 5.41) is 12.5. The normalized spacial score (nSPS) is 14.2. The van der Waals surface area contributed by atoms with E-state index in [1.54, 1.807) is 19.2 Å². The number of para-hydroxylation sites is 1. The Morgan fingerprint density at radius 2 is 1.90 bits per heavy atom. The van der Waals surface area contributed by atoms with Crippen molar-refractivity contribution in [2.45, 2.75) is 5.60 Å². The van der Waals surface area contributed by atoms with Gasteiger partial charge in [0.15, 0.2) is 11.2 Å². The van der Waals surface area contributed by atoms with Crippen LogP contribution >= 0.6 is 11.6 Å². The summed E-state index contributed by atoms with van der Waals surface area (Å²) in [5.74, 6) is 0.415. The van der Waals surface area contributed by atoms with Crippen LogP contribution in [-0.4, -0.2) is 18.8 Å². The Morgan fingerprint density at radius 3 is 2.57 bits per heavy atom. The number of aliphatic hydroxyl groups is 1. The van der Waals surface area contributed by atoms with Gasteiger partial charge in [0.05, 0.1) is 11.6 Å². The second-order valence-corrected chi connectivity index (χ2v) is 5.34. The van der Waals surface area contributed by atoms with Crippen LogP contribution in [0.3, 0.4) is 0 Å². The number of furan rings is 1. The summed E-state index contributed by atoms with van der Waals surface area (Å²) in [6.45, 7) is 0.0917. The van der Waals surface area contributed by atoms with E-state index in [0.29, 0.717) is 21.9 Å². The van der Waals surface area contributed by atoms with Gasteiger partial charge in [-0.05, 0) is 17.7 Å². The minimum Gasteiger partial charge on any atom is -0.456 e. The van der Waals surface area contributed by atoms with Crippen LogP contribution in [0.4, 0.5) is 0 Å². The number of rotatable bonds is 4. The second kappa shape index (κ2) is 5.53. The zero-order chi connectivity index (χ0) is 14.9. The lowest BCUT2D eigenvalue weighted by atomic mass is 9.92. The lowest BCUT2D eigenvalue weighted by molar-refractivity contribution is -0.0174. The van der Waals surface area contributed by atoms with Crippen LogP contribution in [0, 0.1) is 0 Å². The van der Waals surface area contributed by atoms with Gasteiger partial charge in [0.1, 0.15) is 5.76 Å². The lowest BCUT2D eigenvalue weighted by Gasteiger charge is -2.25. The van der Waals surface area contributed by atoms with Crippen LogP contribution in [0.2, 0.25) is 5.02 Å². The minimum atomic E-state index is -1.35. The highest BCUT2D eigenvalue weighted by atomic mass is 35.5. The number of hydrogen-bond donors (Lipinski definition) is 1. The van der Waals surface area contributed by atoms with E-state index in [-0.39, 0.29) is 6.61 Å². The van der Waals surface area contributed by atoms with Gasteiger partial charge in [-0.15, -0.1) is 0 Å². The summed E-state index contributed by atoms with van der Waals surface area (Å²) in [7, 11) is 1.55. The number of halogens is 1. The Balaban J connectivity index is 2.18. The van der Waals surface area contributed by atoms with Gasteiger partial charge in [0.2, 0.25) is 0 Å². The van der Waals surface area contributed by atoms with Crippen molar-refractivity contribution in [2.75, 3.05) is 13.7 Å². The molecule has 1 atom stereocenters. The third kappa shape index (κ3) is 2.44. The average Bonchev–Trinajstić information content (AvgIpc) is 2.94. The van der Waals surface area contributed by atoms with Gasteiger partial charge < -0.3 is 14.3 Å². The first-order chi connectivity index (χ1) is 10.1. The smallest absolute Gasteiger partial charge is 0.170 e. The molecule has 1 unspecified atom stereocenters. The number of fused-ring (bicyclic) bond motifs is 1. The molecule has 1 aromatic heterocycles. The summed E-state index contributed by atoms with van der Waals surface area (Å²) in [4.78, 5) is 0. The van der Waals surface area contributed by atoms with Gasteiger partial charge in [-0.3, -0.25) is 0 Å². The number of methoxy groups -OCH3 is 1. The molecule has 0 bridgehead atoms. The molecule has 3 rings (SSSR count). The van der Waals surface area contributed by atoms with Crippen LogP contribution in [0.5, 0.6) is 0 Å². The van der Waals surface area contributed by atoms with Gasteiger partial charge in [-0.2, -0.15) is 0 Å². The summed E-state index contributed by atoms with van der Waals surface area (Å²) in [5.41, 5.74) is -0.0695. The summed E-state index contributed by atoms with van der Waals surface area (Å²) >= 11 is 6.14. The number of benzene rings is 2. The summed E-state index contributed by atoms with van der Waals surface area (Å²) < 4.78 is 11.0. The van der Waals surface area contributed by atoms with Crippen molar-refractivity contribution in [3.05, 3.63) is 70.9 Å². The molecule has 0 amide bonds. The van der Waals surface area contributed by atoms with Crippen LogP contribution in [-0.2, 0) is 10.3 Å². The fraction of sp³-hybridized carbons (Fsp3) is 0.176. The van der Waals surface area contributed by atoms with Gasteiger partial charge in [0, 0.05) is 12.5 Å². The molecule has 1 heterocycles. The average molecular weight is 303 g/mol. The highest BCUT2D eigenvalue weighted by Crippen LogP contribution is 2.36. The molecule has 21 heavy (non-hydrogen) atoms. The Morgan fingerprint density at radius 1 is 1.14 bits per heavy atom. The third-order valence-corrected chi connectivity index (χ3v) is 3.81. The number of hydrogen-bond acceptors (Lipinski definition) is 3. The minimum absolute atomic E-state index is 0.0917. The molecule has 0 aliphatic carbocycles. The molecule has 108 valence electrons. The predicted octanol–water partition coefficient (Wildman–Crippen LogP) is 3.97. The molecule has 2 aromatic carbocycles. The van der Waals surface area contributed by atoms with Gasteiger partial charge in [0.25, 0.3) is 0 Å². The number of ether oxygens (including phenoxy) is 1. The van der Waals surface area contributed by atoms with Crippen molar-refractivity contribution in [1.82, 2.24) is 0 Å². The first-order valence-electron chi connectivity index (χ1n) is 6.60. The Bertz CT molecular complexity index is 751. The van der Waals surface area contributed by atoms with Crippen molar-refractivity contribution < 1.29 is 14.3 Å². The largest absolute Gasteiger partial charge is 0.456 e. The molecule has 3 nitrogen and oxygen atoms in total. The van der Waals surface area contributed by atoms with E-state index in [2.05, 4.69) is 0 Å². The highest BCUT2D eigenvalue weighted by Gasteiger charge is 2.35. The lowest BCUT2D eigenvalue weighted by Crippen LogP contribution is -2.32. The molecule has 0 aliphatic rings. The highest BCUT2D eigenvalue weighted by molar-refractivity contribution is 6.34. The molecule has 0 aliphatic heterocycles. The van der Waals surface area contributed by atoms with E-state index in [0.717, 1.165) is 5.39 Å². The maximum absolute atomic E-state index is 11.1. The van der Waals surface area contributed by atoms with E-state index in [4.69, 9.17) is 20.8 Å². The van der Waals surface area contributed by atoms with Gasteiger partial charge in [-0.1, -0.05) is 54.1 Å². The molecule has 1 N–H and O–H groups in total. The quantitative estimate of drug-likeness (QED) is 0.793. The van der Waals surface area contributed by atoms with Crippen molar-refractivity contribution >= 4 is 22.6 Å². The van der Waals surface area contributed by atoms with E-state index < -0.39 is 5.60 Å². The zero-order valence-electron chi connectivity index (χ0n) is 11.5.